The van der Waals surface area contributed by atoms with Crippen LogP contribution in [-0.4, -0.2) is 63.5 Å². The summed E-state index contributed by atoms with van der Waals surface area (Å²) in [5.41, 5.74) is 0.706. The minimum Gasteiger partial charge on any atom is -0.351 e. The molecule has 1 saturated heterocycles. The lowest BCUT2D eigenvalue weighted by Crippen LogP contribution is -2.40. The van der Waals surface area contributed by atoms with Crippen molar-refractivity contribution in [2.75, 3.05) is 26.2 Å². The second-order valence-corrected chi connectivity index (χ2v) is 8.07. The maximum atomic E-state index is 14.1. The number of halogens is 2. The number of nitrogens with one attached hydrogen (secondary N) is 1. The molecule has 164 valence electrons. The lowest BCUT2D eigenvalue weighted by molar-refractivity contribution is -0.127. The monoisotopic (exact) mass is 447 g/mol. The Morgan fingerprint density at radius 1 is 1.19 bits per heavy atom. The molecule has 0 atom stereocenters. The first-order valence-corrected chi connectivity index (χ1v) is 10.7. The van der Waals surface area contributed by atoms with Gasteiger partial charge in [-0.25, -0.2) is 4.39 Å². The summed E-state index contributed by atoms with van der Waals surface area (Å²) in [5, 5.41) is 7.29. The largest absolute Gasteiger partial charge is 0.351 e. The predicted octanol–water partition coefficient (Wildman–Crippen LogP) is 2.07. The van der Waals surface area contributed by atoms with Crippen molar-refractivity contribution in [1.82, 2.24) is 24.9 Å². The van der Waals surface area contributed by atoms with E-state index in [-0.39, 0.29) is 46.2 Å². The fourth-order valence-electron chi connectivity index (χ4n) is 3.88. The van der Waals surface area contributed by atoms with Gasteiger partial charge < -0.3 is 15.1 Å². The number of carbonyl (C=O) groups excluding carboxylic acids is 3. The molecular formula is C21H23ClFN5O3. The van der Waals surface area contributed by atoms with Crippen LogP contribution in [0.1, 0.15) is 45.8 Å². The van der Waals surface area contributed by atoms with Gasteiger partial charge in [0.1, 0.15) is 11.5 Å². The molecule has 3 amide bonds. The van der Waals surface area contributed by atoms with E-state index in [1.165, 1.54) is 27.8 Å². The van der Waals surface area contributed by atoms with Crippen LogP contribution in [0, 0.1) is 5.82 Å². The topological polar surface area (TPSA) is 87.5 Å². The van der Waals surface area contributed by atoms with Crippen molar-refractivity contribution in [3.05, 3.63) is 52.1 Å². The number of fused-ring (bicyclic) bond motifs is 1. The van der Waals surface area contributed by atoms with Gasteiger partial charge in [0.25, 0.3) is 11.8 Å². The van der Waals surface area contributed by atoms with Gasteiger partial charge in [-0.15, -0.1) is 0 Å². The summed E-state index contributed by atoms with van der Waals surface area (Å²) in [5.74, 6) is -1.00. The van der Waals surface area contributed by atoms with Gasteiger partial charge in [-0.3, -0.25) is 19.1 Å². The zero-order chi connectivity index (χ0) is 22.0. The second kappa shape index (κ2) is 9.05. The lowest BCUT2D eigenvalue weighted by Gasteiger charge is -2.27. The molecule has 2 aromatic rings. The molecule has 0 saturated carbocycles. The van der Waals surface area contributed by atoms with E-state index in [1.807, 2.05) is 0 Å². The molecule has 0 radical (unpaired) electrons. The summed E-state index contributed by atoms with van der Waals surface area (Å²) < 4.78 is 15.6. The molecular weight excluding hydrogens is 425 g/mol. The van der Waals surface area contributed by atoms with Gasteiger partial charge in [-0.1, -0.05) is 17.7 Å². The summed E-state index contributed by atoms with van der Waals surface area (Å²) >= 11 is 6.08. The fraction of sp³-hybridized carbons (Fsp3) is 0.429. The lowest BCUT2D eigenvalue weighted by atomic mass is 10.1. The molecule has 0 spiro atoms. The minimum absolute atomic E-state index is 0.0479. The van der Waals surface area contributed by atoms with E-state index >= 15 is 0 Å². The van der Waals surface area contributed by atoms with Gasteiger partial charge in [-0.05, 0) is 25.0 Å². The number of aromatic nitrogens is 2. The van der Waals surface area contributed by atoms with Crippen molar-refractivity contribution >= 4 is 29.3 Å². The van der Waals surface area contributed by atoms with Gasteiger partial charge in [0.15, 0.2) is 5.69 Å². The third kappa shape index (κ3) is 4.56. The van der Waals surface area contributed by atoms with Gasteiger partial charge in [0.05, 0.1) is 13.1 Å². The quantitative estimate of drug-likeness (QED) is 0.658. The van der Waals surface area contributed by atoms with Crippen LogP contribution in [0.3, 0.4) is 0 Å². The Kier molecular flexibility index (Phi) is 6.22. The number of amides is 3. The zero-order valence-electron chi connectivity index (χ0n) is 16.9. The summed E-state index contributed by atoms with van der Waals surface area (Å²) in [6, 6.07) is 5.86. The maximum Gasteiger partial charge on any atom is 0.272 e. The predicted molar refractivity (Wildman–Crippen MR) is 111 cm³/mol. The second-order valence-electron chi connectivity index (χ2n) is 7.66. The van der Waals surface area contributed by atoms with Crippen LogP contribution in [0.25, 0.3) is 0 Å². The van der Waals surface area contributed by atoms with Crippen molar-refractivity contribution in [3.63, 3.8) is 0 Å². The first-order valence-electron chi connectivity index (χ1n) is 10.3. The van der Waals surface area contributed by atoms with Crippen LogP contribution in [-0.2, 0) is 17.9 Å². The summed E-state index contributed by atoms with van der Waals surface area (Å²) in [6.45, 7) is 2.59. The summed E-state index contributed by atoms with van der Waals surface area (Å²) in [7, 11) is 0. The number of likely N-dealkylation sites (tertiary alicyclic amines) is 1. The molecule has 2 aliphatic heterocycles. The standard InChI is InChI=1S/C21H23ClFN5O3/c22-15-4-1-5-16(23)14(15)13-27-10-11-28-18(21(27)31)12-17(25-28)20(30)24-7-3-9-26-8-2-6-19(26)29/h1,4-5,12H,2-3,6-11,13H2,(H,24,30). The Labute approximate surface area is 183 Å². The molecule has 1 aromatic carbocycles. The van der Waals surface area contributed by atoms with Crippen molar-refractivity contribution in [1.29, 1.82) is 0 Å². The average molecular weight is 448 g/mol. The fourth-order valence-corrected chi connectivity index (χ4v) is 4.10. The molecule has 4 rings (SSSR count). The third-order valence-electron chi connectivity index (χ3n) is 5.57. The van der Waals surface area contributed by atoms with Gasteiger partial charge >= 0.3 is 0 Å². The number of nitrogens with zero attached hydrogens (tertiary/aromatic N) is 4. The first-order chi connectivity index (χ1) is 14.9. The van der Waals surface area contributed by atoms with E-state index in [9.17, 15) is 18.8 Å². The summed E-state index contributed by atoms with van der Waals surface area (Å²) in [6.07, 6.45) is 2.14. The van der Waals surface area contributed by atoms with Crippen molar-refractivity contribution in [2.24, 2.45) is 0 Å². The van der Waals surface area contributed by atoms with E-state index < -0.39 is 5.82 Å². The molecule has 2 aliphatic rings. The van der Waals surface area contributed by atoms with Crippen molar-refractivity contribution in [3.8, 4) is 0 Å². The number of benzene rings is 1. The molecule has 0 unspecified atom stereocenters. The van der Waals surface area contributed by atoms with Gasteiger partial charge in [-0.2, -0.15) is 5.10 Å². The first kappa shape index (κ1) is 21.3. The Morgan fingerprint density at radius 3 is 2.77 bits per heavy atom. The average Bonchev–Trinajstić information content (AvgIpc) is 3.36. The SMILES string of the molecule is O=C(NCCCN1CCCC1=O)c1cc2n(n1)CCN(Cc1c(F)cccc1Cl)C2=O. The summed E-state index contributed by atoms with van der Waals surface area (Å²) in [4.78, 5) is 40.2. The van der Waals surface area contributed by atoms with Gasteiger partial charge in [0, 0.05) is 49.3 Å². The Morgan fingerprint density at radius 2 is 2.03 bits per heavy atom. The molecule has 8 nitrogen and oxygen atoms in total. The minimum atomic E-state index is -0.463. The van der Waals surface area contributed by atoms with Crippen LogP contribution in [0.15, 0.2) is 24.3 Å². The number of hydrogen-bond acceptors (Lipinski definition) is 4. The molecule has 3 heterocycles. The normalized spacial score (nSPS) is 16.1. The molecule has 1 fully saturated rings. The molecule has 0 aliphatic carbocycles. The van der Waals surface area contributed by atoms with Crippen LogP contribution >= 0.6 is 11.6 Å². The van der Waals surface area contributed by atoms with E-state index in [0.29, 0.717) is 39.0 Å². The molecule has 1 aromatic heterocycles. The Balaban J connectivity index is 1.35. The number of rotatable bonds is 7. The van der Waals surface area contributed by atoms with Crippen molar-refractivity contribution < 1.29 is 18.8 Å². The van der Waals surface area contributed by atoms with E-state index in [4.69, 9.17) is 11.6 Å². The maximum absolute atomic E-state index is 14.1. The highest BCUT2D eigenvalue weighted by atomic mass is 35.5. The van der Waals surface area contributed by atoms with Crippen LogP contribution in [0.4, 0.5) is 4.39 Å². The van der Waals surface area contributed by atoms with E-state index in [1.54, 1.807) is 11.0 Å². The number of carbonyl (C=O) groups is 3. The highest BCUT2D eigenvalue weighted by Crippen LogP contribution is 2.23. The molecule has 1 N–H and O–H groups in total. The highest BCUT2D eigenvalue weighted by Gasteiger charge is 2.29. The van der Waals surface area contributed by atoms with E-state index in [2.05, 4.69) is 10.4 Å². The molecule has 0 bridgehead atoms. The number of hydrogen-bond donors (Lipinski definition) is 1. The Hall–Kier alpha value is -2.94. The van der Waals surface area contributed by atoms with Gasteiger partial charge in [0.2, 0.25) is 5.91 Å². The third-order valence-corrected chi connectivity index (χ3v) is 5.93. The zero-order valence-corrected chi connectivity index (χ0v) is 17.7. The highest BCUT2D eigenvalue weighted by molar-refractivity contribution is 6.31. The van der Waals surface area contributed by atoms with E-state index in [0.717, 1.165) is 13.0 Å². The molecule has 10 heteroatoms. The molecule has 31 heavy (non-hydrogen) atoms. The smallest absolute Gasteiger partial charge is 0.272 e. The Bertz CT molecular complexity index is 1000. The van der Waals surface area contributed by atoms with Crippen molar-refractivity contribution in [2.45, 2.75) is 32.4 Å². The van der Waals surface area contributed by atoms with Crippen LogP contribution < -0.4 is 5.32 Å². The van der Waals surface area contributed by atoms with Crippen LogP contribution in [0.2, 0.25) is 5.02 Å². The van der Waals surface area contributed by atoms with Crippen LogP contribution in [0.5, 0.6) is 0 Å².